The molecule has 0 aromatic rings. The average Bonchev–Trinajstić information content (AvgIpc) is 3.48. The molecule has 0 unspecified atom stereocenters. The largest absolute Gasteiger partial charge is 0.545 e. The molecule has 0 amide bonds. The molecule has 16 nitrogen and oxygen atoms in total. The molecule has 0 fully saturated rings. The molecule has 14 N–H and O–H groups in total. The Kier molecular flexibility index (Phi) is 18.8. The summed E-state index contributed by atoms with van der Waals surface area (Å²) in [7, 11) is 0. The van der Waals surface area contributed by atoms with Gasteiger partial charge in [-0.25, -0.2) is 0 Å². The van der Waals surface area contributed by atoms with Crippen molar-refractivity contribution in [3.05, 3.63) is 12.2 Å². The van der Waals surface area contributed by atoms with E-state index in [-0.39, 0.29) is 21.9 Å². The monoisotopic (exact) mass is 464 g/mol. The van der Waals surface area contributed by atoms with Crippen LogP contribution < -0.4 is 41.5 Å². The zero-order chi connectivity index (χ0) is 20.2. The Labute approximate surface area is 183 Å². The standard InChI is InChI=1S/2C6H10N4.C4H4O4.4H2O/c2*1-2-8-5(7-1)6-9-3-4-10-6;5-3(6)1-2-4(7)8;;;;/h2*1-4H2,(H,7,8)(H,9,10);1-2H,(H,5,6)(H,7,8);4*1H2/b;;2-1+;;;;. The van der Waals surface area contributed by atoms with Crippen molar-refractivity contribution in [2.24, 2.45) is 9.98 Å². The average molecular weight is 464 g/mol. The second kappa shape index (κ2) is 18.2. The highest BCUT2D eigenvalue weighted by Crippen LogP contribution is 1.84. The highest BCUT2D eigenvalue weighted by atomic mass is 16.4. The molecule has 0 saturated heterocycles. The van der Waals surface area contributed by atoms with Gasteiger partial charge in [0.2, 0.25) is 11.7 Å². The lowest BCUT2D eigenvalue weighted by molar-refractivity contribution is -0.443. The number of aliphatic carboxylic acids is 2. The van der Waals surface area contributed by atoms with Crippen LogP contribution in [0.2, 0.25) is 0 Å². The predicted molar refractivity (Wildman–Crippen MR) is 112 cm³/mol. The summed E-state index contributed by atoms with van der Waals surface area (Å²) in [5.74, 6) is 1.04. The van der Waals surface area contributed by atoms with E-state index in [1.54, 1.807) is 0 Å². The van der Waals surface area contributed by atoms with Crippen LogP contribution in [0, 0.1) is 0 Å². The smallest absolute Gasteiger partial charge is 0.310 e. The third-order valence-electron chi connectivity index (χ3n) is 3.63. The van der Waals surface area contributed by atoms with Crippen LogP contribution in [-0.2, 0) is 9.59 Å². The van der Waals surface area contributed by atoms with Crippen LogP contribution in [0.4, 0.5) is 0 Å². The maximum atomic E-state index is 9.41. The number of aliphatic imine (C=N–C) groups is 2. The lowest BCUT2D eigenvalue weighted by Crippen LogP contribution is -2.73. The first-order valence-electron chi connectivity index (χ1n) is 8.93. The third kappa shape index (κ3) is 12.2. The number of nitrogens with one attached hydrogen (secondary N) is 6. The van der Waals surface area contributed by atoms with Crippen molar-refractivity contribution >= 4 is 35.3 Å². The van der Waals surface area contributed by atoms with Crippen molar-refractivity contribution in [1.29, 1.82) is 0 Å². The van der Waals surface area contributed by atoms with Crippen molar-refractivity contribution in [1.82, 2.24) is 21.3 Å². The van der Waals surface area contributed by atoms with Gasteiger partial charge in [0.1, 0.15) is 26.2 Å². The van der Waals surface area contributed by atoms with Crippen LogP contribution in [-0.4, -0.2) is 110 Å². The van der Waals surface area contributed by atoms with Gasteiger partial charge in [-0.2, -0.15) is 0 Å². The molecular weight excluding hydrogens is 432 g/mol. The Morgan fingerprint density at radius 2 is 1.06 bits per heavy atom. The van der Waals surface area contributed by atoms with E-state index in [0.29, 0.717) is 12.2 Å². The van der Waals surface area contributed by atoms with Crippen LogP contribution >= 0.6 is 0 Å². The summed E-state index contributed by atoms with van der Waals surface area (Å²) >= 11 is 0. The zero-order valence-electron chi connectivity index (χ0n) is 17.3. The Bertz CT molecular complexity index is 632. The SMILES string of the molecule is C1CNC(C2=[NH+]CCN2)=N1.C1CNC(C2=[NH+]CCN2)=N1.O.O.O.O.O=C([O-])/C=C/C(=O)[O-]. The summed E-state index contributed by atoms with van der Waals surface area (Å²) in [6, 6.07) is 0. The predicted octanol–water partition coefficient (Wildman–Crippen LogP) is -12.1. The number of carboxylic acids is 2. The quantitative estimate of drug-likeness (QED) is 0.216. The van der Waals surface area contributed by atoms with Gasteiger partial charge in [-0.15, -0.1) is 0 Å². The minimum absolute atomic E-state index is 0. The first-order chi connectivity index (χ1) is 13.6. The van der Waals surface area contributed by atoms with Crippen LogP contribution in [0.15, 0.2) is 22.1 Å². The molecule has 16 heteroatoms. The first kappa shape index (κ1) is 33.0. The molecule has 0 aliphatic carbocycles. The highest BCUT2D eigenvalue weighted by Gasteiger charge is 2.21. The first-order valence-corrected chi connectivity index (χ1v) is 8.93. The molecule has 0 aromatic carbocycles. The fourth-order valence-corrected chi connectivity index (χ4v) is 2.48. The summed E-state index contributed by atoms with van der Waals surface area (Å²) in [6.07, 6.45) is 0.769. The van der Waals surface area contributed by atoms with Crippen LogP contribution in [0.25, 0.3) is 0 Å². The highest BCUT2D eigenvalue weighted by molar-refractivity contribution is 6.39. The van der Waals surface area contributed by atoms with E-state index >= 15 is 0 Å². The molecular formula is C16H32N8O8. The Hall–Kier alpha value is -3.60. The van der Waals surface area contributed by atoms with E-state index < -0.39 is 11.9 Å². The zero-order valence-corrected chi connectivity index (χ0v) is 17.3. The molecule has 184 valence electrons. The third-order valence-corrected chi connectivity index (χ3v) is 3.63. The normalized spacial score (nSPS) is 16.9. The summed E-state index contributed by atoms with van der Waals surface area (Å²) in [5, 5.41) is 31.6. The molecule has 32 heavy (non-hydrogen) atoms. The van der Waals surface area contributed by atoms with Crippen LogP contribution in [0.3, 0.4) is 0 Å². The maximum Gasteiger partial charge on any atom is 0.310 e. The van der Waals surface area contributed by atoms with Crippen molar-refractivity contribution in [2.75, 3.05) is 52.4 Å². The summed E-state index contributed by atoms with van der Waals surface area (Å²) in [6.45, 7) is 7.80. The van der Waals surface area contributed by atoms with Gasteiger partial charge in [-0.3, -0.25) is 30.6 Å². The van der Waals surface area contributed by atoms with Crippen molar-refractivity contribution < 1.29 is 51.7 Å². The molecule has 0 atom stereocenters. The molecule has 0 radical (unpaired) electrons. The fourth-order valence-electron chi connectivity index (χ4n) is 2.48. The van der Waals surface area contributed by atoms with Gasteiger partial charge in [0.15, 0.2) is 0 Å². The molecule has 4 aliphatic heterocycles. The molecule has 0 saturated carbocycles. The van der Waals surface area contributed by atoms with Crippen molar-refractivity contribution in [2.45, 2.75) is 0 Å². The van der Waals surface area contributed by atoms with E-state index in [2.05, 4.69) is 41.2 Å². The second-order valence-corrected chi connectivity index (χ2v) is 5.74. The van der Waals surface area contributed by atoms with Crippen molar-refractivity contribution in [3.63, 3.8) is 0 Å². The van der Waals surface area contributed by atoms with E-state index in [1.165, 1.54) is 0 Å². The topological polar surface area (TPSA) is 307 Å². The Balaban J connectivity index is -0.000000375. The second-order valence-electron chi connectivity index (χ2n) is 5.74. The number of hydrogen-bond acceptors (Lipinski definition) is 10. The minimum Gasteiger partial charge on any atom is -0.545 e. The number of hydrogen-bond donors (Lipinski definition) is 6. The Morgan fingerprint density at radius 1 is 0.688 bits per heavy atom. The summed E-state index contributed by atoms with van der Waals surface area (Å²) in [5.41, 5.74) is 0. The molecule has 4 aliphatic rings. The lowest BCUT2D eigenvalue weighted by Gasteiger charge is -1.94. The van der Waals surface area contributed by atoms with Gasteiger partial charge in [0.25, 0.3) is 0 Å². The van der Waals surface area contributed by atoms with Gasteiger partial charge in [-0.05, 0) is 12.2 Å². The fraction of sp³-hybridized carbons (Fsp3) is 0.500. The summed E-state index contributed by atoms with van der Waals surface area (Å²) < 4.78 is 0. The molecule has 4 rings (SSSR count). The lowest BCUT2D eigenvalue weighted by atomic mass is 10.5. The Morgan fingerprint density at radius 3 is 1.28 bits per heavy atom. The number of carbonyl (C=O) groups is 2. The van der Waals surface area contributed by atoms with Gasteiger partial charge < -0.3 is 52.3 Å². The number of carboxylic acid groups (broad SMARTS) is 2. The van der Waals surface area contributed by atoms with E-state index in [9.17, 15) is 19.8 Å². The van der Waals surface area contributed by atoms with Crippen molar-refractivity contribution in [3.8, 4) is 0 Å². The maximum absolute atomic E-state index is 9.41. The van der Waals surface area contributed by atoms with Gasteiger partial charge >= 0.3 is 11.7 Å². The van der Waals surface area contributed by atoms with Crippen LogP contribution in [0.1, 0.15) is 0 Å². The van der Waals surface area contributed by atoms with Gasteiger partial charge in [-0.1, -0.05) is 0 Å². The van der Waals surface area contributed by atoms with Gasteiger partial charge in [0, 0.05) is 13.1 Å². The van der Waals surface area contributed by atoms with Crippen LogP contribution in [0.5, 0.6) is 0 Å². The molecule has 0 aromatic heterocycles. The molecule has 0 bridgehead atoms. The molecule has 0 spiro atoms. The summed E-state index contributed by atoms with van der Waals surface area (Å²) in [4.78, 5) is 33.8. The molecule has 4 heterocycles. The number of rotatable bonds is 4. The minimum atomic E-state index is -1.55. The number of nitrogens with zero attached hydrogens (tertiary/aromatic N) is 2. The van der Waals surface area contributed by atoms with E-state index in [1.807, 2.05) is 0 Å². The van der Waals surface area contributed by atoms with Gasteiger partial charge in [0.05, 0.1) is 25.0 Å². The number of amidine groups is 4. The van der Waals surface area contributed by atoms with E-state index in [4.69, 9.17) is 0 Å². The van der Waals surface area contributed by atoms with E-state index in [0.717, 1.165) is 75.7 Å². The number of carbonyl (C=O) groups excluding carboxylic acids is 2.